The molecule has 0 bridgehead atoms. The monoisotopic (exact) mass is 140 g/mol. The quantitative estimate of drug-likeness (QED) is 0.390. The molecule has 0 amide bonds. The largest absolute Gasteiger partial charge is 0.377 e. The van der Waals surface area contributed by atoms with E-state index in [1.807, 2.05) is 6.08 Å². The number of rotatable bonds is 7. The highest BCUT2D eigenvalue weighted by molar-refractivity contribution is 4.66. The van der Waals surface area contributed by atoms with Gasteiger partial charge in [0.2, 0.25) is 0 Å². The number of hydrogen-bond acceptors (Lipinski definition) is 1. The van der Waals surface area contributed by atoms with Gasteiger partial charge in [0.05, 0.1) is 6.61 Å². The summed E-state index contributed by atoms with van der Waals surface area (Å²) in [5.41, 5.74) is 0. The first-order valence-electron chi connectivity index (χ1n) is 3.71. The summed E-state index contributed by atoms with van der Waals surface area (Å²) in [5, 5.41) is 0. The van der Waals surface area contributed by atoms with Crippen molar-refractivity contribution in [2.75, 3.05) is 13.2 Å². The van der Waals surface area contributed by atoms with Crippen molar-refractivity contribution in [2.24, 2.45) is 0 Å². The highest BCUT2D eigenvalue weighted by atomic mass is 16.5. The molecule has 0 aromatic carbocycles. The molecule has 0 N–H and O–H groups in total. The molecule has 1 nitrogen and oxygen atoms in total. The van der Waals surface area contributed by atoms with Crippen molar-refractivity contribution in [3.05, 3.63) is 25.3 Å². The Kier molecular flexibility index (Phi) is 7.97. The first-order valence-corrected chi connectivity index (χ1v) is 3.71. The van der Waals surface area contributed by atoms with Gasteiger partial charge in [-0.05, 0) is 19.3 Å². The van der Waals surface area contributed by atoms with Gasteiger partial charge in [-0.25, -0.2) is 0 Å². The van der Waals surface area contributed by atoms with Crippen LogP contribution in [0.3, 0.4) is 0 Å². The third kappa shape index (κ3) is 7.44. The molecule has 0 aliphatic rings. The van der Waals surface area contributed by atoms with E-state index in [1.54, 1.807) is 6.08 Å². The molecule has 0 radical (unpaired) electrons. The molecule has 0 unspecified atom stereocenters. The van der Waals surface area contributed by atoms with Crippen LogP contribution in [0.4, 0.5) is 0 Å². The third-order valence-electron chi connectivity index (χ3n) is 1.18. The fourth-order valence-electron chi connectivity index (χ4n) is 0.659. The van der Waals surface area contributed by atoms with Crippen molar-refractivity contribution in [3.8, 4) is 0 Å². The highest BCUT2D eigenvalue weighted by Crippen LogP contribution is 1.95. The minimum Gasteiger partial charge on any atom is -0.377 e. The van der Waals surface area contributed by atoms with E-state index in [9.17, 15) is 0 Å². The van der Waals surface area contributed by atoms with E-state index in [2.05, 4.69) is 13.2 Å². The fourth-order valence-corrected chi connectivity index (χ4v) is 0.659. The summed E-state index contributed by atoms with van der Waals surface area (Å²) < 4.78 is 5.18. The summed E-state index contributed by atoms with van der Waals surface area (Å²) in [5.74, 6) is 0. The summed E-state index contributed by atoms with van der Waals surface area (Å²) in [6, 6.07) is 0. The van der Waals surface area contributed by atoms with Crippen LogP contribution in [-0.2, 0) is 4.74 Å². The molecule has 0 heterocycles. The van der Waals surface area contributed by atoms with Crippen LogP contribution in [0.25, 0.3) is 0 Å². The SMILES string of the molecule is C=CCCCCOCC=C. The number of allylic oxidation sites excluding steroid dienone is 1. The third-order valence-corrected chi connectivity index (χ3v) is 1.18. The van der Waals surface area contributed by atoms with Crippen molar-refractivity contribution in [2.45, 2.75) is 19.3 Å². The van der Waals surface area contributed by atoms with Crippen LogP contribution in [0.2, 0.25) is 0 Å². The van der Waals surface area contributed by atoms with Crippen LogP contribution in [0, 0.1) is 0 Å². The molecular weight excluding hydrogens is 124 g/mol. The van der Waals surface area contributed by atoms with E-state index in [0.717, 1.165) is 19.4 Å². The van der Waals surface area contributed by atoms with Gasteiger partial charge in [0.1, 0.15) is 0 Å². The van der Waals surface area contributed by atoms with E-state index in [-0.39, 0.29) is 0 Å². The molecule has 0 saturated carbocycles. The fraction of sp³-hybridized carbons (Fsp3) is 0.556. The van der Waals surface area contributed by atoms with Crippen LogP contribution in [0.15, 0.2) is 25.3 Å². The summed E-state index contributed by atoms with van der Waals surface area (Å²) in [6.07, 6.45) is 7.11. The summed E-state index contributed by atoms with van der Waals surface area (Å²) in [7, 11) is 0. The van der Waals surface area contributed by atoms with Gasteiger partial charge in [0, 0.05) is 6.61 Å². The molecule has 0 aromatic heterocycles. The Hall–Kier alpha value is -0.560. The lowest BCUT2D eigenvalue weighted by molar-refractivity contribution is 0.158. The molecule has 10 heavy (non-hydrogen) atoms. The van der Waals surface area contributed by atoms with Gasteiger partial charge in [-0.3, -0.25) is 0 Å². The Labute approximate surface area is 63.4 Å². The van der Waals surface area contributed by atoms with E-state index in [0.29, 0.717) is 6.61 Å². The second kappa shape index (κ2) is 8.44. The summed E-state index contributed by atoms with van der Waals surface area (Å²) in [4.78, 5) is 0. The van der Waals surface area contributed by atoms with Crippen molar-refractivity contribution in [1.82, 2.24) is 0 Å². The molecule has 58 valence electrons. The van der Waals surface area contributed by atoms with Crippen LogP contribution < -0.4 is 0 Å². The van der Waals surface area contributed by atoms with Crippen molar-refractivity contribution in [3.63, 3.8) is 0 Å². The topological polar surface area (TPSA) is 9.23 Å². The normalized spacial score (nSPS) is 9.20. The molecule has 0 aliphatic carbocycles. The van der Waals surface area contributed by atoms with E-state index >= 15 is 0 Å². The molecule has 0 aromatic rings. The Morgan fingerprint density at radius 2 is 1.90 bits per heavy atom. The Bertz CT molecular complexity index is 74.7. The molecule has 0 fully saturated rings. The minimum atomic E-state index is 0.675. The Balaban J connectivity index is 2.76. The van der Waals surface area contributed by atoms with E-state index in [1.165, 1.54) is 6.42 Å². The van der Waals surface area contributed by atoms with Gasteiger partial charge >= 0.3 is 0 Å². The predicted molar refractivity (Wildman–Crippen MR) is 45.1 cm³/mol. The van der Waals surface area contributed by atoms with Gasteiger partial charge in [-0.2, -0.15) is 0 Å². The molecule has 0 aliphatic heterocycles. The Morgan fingerprint density at radius 3 is 2.50 bits per heavy atom. The van der Waals surface area contributed by atoms with Gasteiger partial charge in [-0.1, -0.05) is 12.2 Å². The lowest BCUT2D eigenvalue weighted by Crippen LogP contribution is -1.93. The van der Waals surface area contributed by atoms with Gasteiger partial charge in [-0.15, -0.1) is 13.2 Å². The first kappa shape index (κ1) is 9.44. The maximum absolute atomic E-state index is 5.18. The van der Waals surface area contributed by atoms with E-state index in [4.69, 9.17) is 4.74 Å². The predicted octanol–water partition coefficient (Wildman–Crippen LogP) is 2.55. The van der Waals surface area contributed by atoms with Crippen molar-refractivity contribution in [1.29, 1.82) is 0 Å². The maximum atomic E-state index is 5.18. The maximum Gasteiger partial charge on any atom is 0.0644 e. The summed E-state index contributed by atoms with van der Waals surface area (Å²) >= 11 is 0. The zero-order valence-corrected chi connectivity index (χ0v) is 6.51. The lowest BCUT2D eigenvalue weighted by Gasteiger charge is -1.98. The Morgan fingerprint density at radius 1 is 1.10 bits per heavy atom. The smallest absolute Gasteiger partial charge is 0.0644 e. The van der Waals surface area contributed by atoms with Gasteiger partial charge < -0.3 is 4.74 Å². The minimum absolute atomic E-state index is 0.675. The van der Waals surface area contributed by atoms with Crippen LogP contribution in [-0.4, -0.2) is 13.2 Å². The molecule has 0 saturated heterocycles. The number of hydrogen-bond donors (Lipinski definition) is 0. The van der Waals surface area contributed by atoms with Crippen LogP contribution >= 0.6 is 0 Å². The first-order chi connectivity index (χ1) is 4.91. The lowest BCUT2D eigenvalue weighted by atomic mass is 10.2. The van der Waals surface area contributed by atoms with Gasteiger partial charge in [0.15, 0.2) is 0 Å². The second-order valence-corrected chi connectivity index (χ2v) is 2.15. The molecule has 0 spiro atoms. The number of ether oxygens (including phenoxy) is 1. The van der Waals surface area contributed by atoms with Crippen LogP contribution in [0.1, 0.15) is 19.3 Å². The van der Waals surface area contributed by atoms with Crippen molar-refractivity contribution >= 4 is 0 Å². The standard InChI is InChI=1S/C9H16O/c1-3-5-6-7-9-10-8-4-2/h3-4H,1-2,5-9H2. The second-order valence-electron chi connectivity index (χ2n) is 2.15. The number of unbranched alkanes of at least 4 members (excludes halogenated alkanes) is 2. The zero-order valence-electron chi connectivity index (χ0n) is 6.51. The zero-order chi connectivity index (χ0) is 7.66. The highest BCUT2D eigenvalue weighted by Gasteiger charge is 1.84. The molecular formula is C9H16O. The molecule has 1 heteroatoms. The molecule has 0 rings (SSSR count). The van der Waals surface area contributed by atoms with Gasteiger partial charge in [0.25, 0.3) is 0 Å². The van der Waals surface area contributed by atoms with Crippen LogP contribution in [0.5, 0.6) is 0 Å². The van der Waals surface area contributed by atoms with E-state index < -0.39 is 0 Å². The average Bonchev–Trinajstić information content (AvgIpc) is 1.97. The van der Waals surface area contributed by atoms with Crippen molar-refractivity contribution < 1.29 is 4.74 Å². The average molecular weight is 140 g/mol. The molecule has 0 atom stereocenters. The summed E-state index contributed by atoms with van der Waals surface area (Å²) in [6.45, 7) is 8.71.